The molecule has 156 valence electrons. The molecule has 2 rings (SSSR count). The van der Waals surface area contributed by atoms with E-state index in [-0.39, 0.29) is 11.4 Å². The summed E-state index contributed by atoms with van der Waals surface area (Å²) in [6, 6.07) is 7.46. The number of aliphatic carboxylic acids is 1. The van der Waals surface area contributed by atoms with Gasteiger partial charge in [-0.25, -0.2) is 0 Å². The van der Waals surface area contributed by atoms with Gasteiger partial charge in [-0.3, -0.25) is 4.79 Å². The molecule has 9 heteroatoms. The van der Waals surface area contributed by atoms with E-state index >= 15 is 0 Å². The number of hydrogen-bond acceptors (Lipinski definition) is 3. The fourth-order valence-electron chi connectivity index (χ4n) is 2.96. The van der Waals surface area contributed by atoms with Crippen molar-refractivity contribution in [3.8, 4) is 0 Å². The predicted octanol–water partition coefficient (Wildman–Crippen LogP) is 3.47. The van der Waals surface area contributed by atoms with Crippen LogP contribution in [0.5, 0.6) is 0 Å². The monoisotopic (exact) mass is 418 g/mol. The number of nitrogens with zero attached hydrogens (tertiary/aromatic N) is 1. The number of rotatable bonds is 6. The van der Waals surface area contributed by atoms with Crippen molar-refractivity contribution in [1.29, 1.82) is 0 Å². The number of likely N-dealkylation sites (N-methyl/N-ethyl adjacent to an activating group) is 1. The highest BCUT2D eigenvalue weighted by molar-refractivity contribution is 6.31. The van der Waals surface area contributed by atoms with Gasteiger partial charge in [0.2, 0.25) is 0 Å². The summed E-state index contributed by atoms with van der Waals surface area (Å²) in [7, 11) is 0. The summed E-state index contributed by atoms with van der Waals surface area (Å²) in [6.07, 6.45) is -3.44. The molecule has 0 aliphatic carbocycles. The van der Waals surface area contributed by atoms with E-state index in [4.69, 9.17) is 21.5 Å². The zero-order valence-corrected chi connectivity index (χ0v) is 16.6. The summed E-state index contributed by atoms with van der Waals surface area (Å²) in [5, 5.41) is 17.1. The van der Waals surface area contributed by atoms with Gasteiger partial charge in [0.25, 0.3) is 5.91 Å². The second kappa shape index (κ2) is 9.93. The van der Waals surface area contributed by atoms with Crippen molar-refractivity contribution < 1.29 is 27.9 Å². The molecule has 0 fully saturated rings. The number of carbonyl (C=O) groups excluding carboxylic acids is 2. The van der Waals surface area contributed by atoms with Crippen LogP contribution < -0.4 is 10.4 Å². The minimum absolute atomic E-state index is 0.00215. The molecule has 28 heavy (non-hydrogen) atoms. The number of carboxylic acids is 1. The fraction of sp³-hybridized carbons (Fsp3) is 0.474. The molecule has 0 bridgehead atoms. The van der Waals surface area contributed by atoms with E-state index in [1.807, 2.05) is 31.2 Å². The largest absolute Gasteiger partial charge is 0.659 e. The maximum absolute atomic E-state index is 12.5. The molecule has 1 aliphatic rings. The van der Waals surface area contributed by atoms with Crippen LogP contribution in [0.15, 0.2) is 29.8 Å². The molecular formula is C19H22ClF3N2O3-2. The summed E-state index contributed by atoms with van der Waals surface area (Å²) in [5.41, 5.74) is 2.54. The second-order valence-electron chi connectivity index (χ2n) is 6.09. The van der Waals surface area contributed by atoms with Gasteiger partial charge in [0.05, 0.1) is 5.54 Å². The Labute approximate surface area is 167 Å². The number of halogens is 4. The number of amides is 1. The third kappa shape index (κ3) is 5.72. The lowest BCUT2D eigenvalue weighted by molar-refractivity contribution is -0.344. The summed E-state index contributed by atoms with van der Waals surface area (Å²) >= 11 is 5.95. The highest BCUT2D eigenvalue weighted by Crippen LogP contribution is 2.38. The molecule has 0 spiro atoms. The van der Waals surface area contributed by atoms with Gasteiger partial charge in [-0.05, 0) is 30.5 Å². The zero-order valence-electron chi connectivity index (χ0n) is 15.8. The normalized spacial score (nSPS) is 15.8. The average Bonchev–Trinajstić information content (AvgIpc) is 2.92. The molecule has 0 saturated carbocycles. The van der Waals surface area contributed by atoms with E-state index in [1.165, 1.54) is 0 Å². The van der Waals surface area contributed by atoms with Gasteiger partial charge in [-0.15, -0.1) is 6.54 Å². The number of carbonyl (C=O) groups is 2. The molecule has 0 unspecified atom stereocenters. The van der Waals surface area contributed by atoms with Crippen molar-refractivity contribution in [2.75, 3.05) is 13.1 Å². The molecular weight excluding hydrogens is 397 g/mol. The standard InChI is InChI=1S/C17H22ClN2O.C2HF3O2/c1-4-17(5-2)14(11-19-6-3)15(16(21)20-17)12-7-9-13(18)10-8-12;3-2(4,5)1(6)7/h7-10H,4-6,11H2,1-3H3,(H,20,21);(H,6,7)/q-1;/p-1. The van der Waals surface area contributed by atoms with Gasteiger partial charge in [0.1, 0.15) is 5.97 Å². The van der Waals surface area contributed by atoms with Crippen molar-refractivity contribution >= 4 is 29.1 Å². The van der Waals surface area contributed by atoms with Gasteiger partial charge < -0.3 is 20.5 Å². The first kappa shape index (κ1) is 24.0. The molecule has 1 aromatic carbocycles. The van der Waals surface area contributed by atoms with E-state index in [0.717, 1.165) is 36.1 Å². The Hall–Kier alpha value is -2.06. The van der Waals surface area contributed by atoms with Crippen molar-refractivity contribution in [2.45, 2.75) is 45.3 Å². The van der Waals surface area contributed by atoms with Crippen LogP contribution in [0.4, 0.5) is 13.2 Å². The molecule has 1 heterocycles. The van der Waals surface area contributed by atoms with E-state index < -0.39 is 12.1 Å². The number of benzene rings is 1. The molecule has 0 radical (unpaired) electrons. The first-order chi connectivity index (χ1) is 13.0. The molecule has 0 atom stereocenters. The third-order valence-electron chi connectivity index (χ3n) is 4.52. The summed E-state index contributed by atoms with van der Waals surface area (Å²) in [5.74, 6) is -3.00. The first-order valence-electron chi connectivity index (χ1n) is 8.75. The van der Waals surface area contributed by atoms with Crippen molar-refractivity contribution in [3.05, 3.63) is 45.7 Å². The Kier molecular flexibility index (Phi) is 8.50. The Bertz CT molecular complexity index is 727. The molecule has 0 aromatic heterocycles. The molecule has 1 aliphatic heterocycles. The number of hydrogen-bond donors (Lipinski definition) is 1. The van der Waals surface area contributed by atoms with Crippen LogP contribution in [-0.4, -0.2) is 36.7 Å². The Morgan fingerprint density at radius 1 is 1.18 bits per heavy atom. The highest BCUT2D eigenvalue weighted by Gasteiger charge is 2.40. The van der Waals surface area contributed by atoms with Crippen LogP contribution in [0, 0.1) is 0 Å². The van der Waals surface area contributed by atoms with E-state index in [9.17, 15) is 18.0 Å². The van der Waals surface area contributed by atoms with Crippen LogP contribution in [0.25, 0.3) is 10.9 Å². The Morgan fingerprint density at radius 2 is 1.68 bits per heavy atom. The molecule has 1 amide bonds. The van der Waals surface area contributed by atoms with Crippen LogP contribution in [0.1, 0.15) is 39.2 Å². The molecule has 1 aromatic rings. The summed E-state index contributed by atoms with van der Waals surface area (Å²) < 4.78 is 31.5. The van der Waals surface area contributed by atoms with Crippen molar-refractivity contribution in [1.82, 2.24) is 5.32 Å². The van der Waals surface area contributed by atoms with E-state index in [0.29, 0.717) is 11.6 Å². The smallest absolute Gasteiger partial charge is 0.430 e. The van der Waals surface area contributed by atoms with Gasteiger partial charge >= 0.3 is 6.18 Å². The lowest BCUT2D eigenvalue weighted by atomic mass is 9.83. The molecule has 0 saturated heterocycles. The highest BCUT2D eigenvalue weighted by atomic mass is 35.5. The second-order valence-corrected chi connectivity index (χ2v) is 6.52. The fourth-order valence-corrected chi connectivity index (χ4v) is 3.09. The first-order valence-corrected chi connectivity index (χ1v) is 9.13. The van der Waals surface area contributed by atoms with E-state index in [2.05, 4.69) is 24.5 Å². The van der Waals surface area contributed by atoms with Gasteiger partial charge in [0.15, 0.2) is 0 Å². The van der Waals surface area contributed by atoms with Crippen LogP contribution in [0.3, 0.4) is 0 Å². The van der Waals surface area contributed by atoms with Crippen LogP contribution in [-0.2, 0) is 9.59 Å². The average molecular weight is 419 g/mol. The summed E-state index contributed by atoms with van der Waals surface area (Å²) in [4.78, 5) is 21.3. The lowest BCUT2D eigenvalue weighted by Crippen LogP contribution is -2.44. The number of alkyl halides is 3. The third-order valence-corrected chi connectivity index (χ3v) is 4.78. The van der Waals surface area contributed by atoms with Crippen molar-refractivity contribution in [3.63, 3.8) is 0 Å². The maximum atomic E-state index is 12.5. The Morgan fingerprint density at radius 3 is 2.07 bits per heavy atom. The van der Waals surface area contributed by atoms with Crippen LogP contribution in [0.2, 0.25) is 5.02 Å². The topological polar surface area (TPSA) is 83.3 Å². The van der Waals surface area contributed by atoms with Gasteiger partial charge in [-0.1, -0.05) is 50.1 Å². The molecule has 5 nitrogen and oxygen atoms in total. The molecule has 1 N–H and O–H groups in total. The number of carboxylic acid groups (broad SMARTS) is 1. The quantitative estimate of drug-likeness (QED) is 0.767. The van der Waals surface area contributed by atoms with Gasteiger partial charge in [-0.2, -0.15) is 19.7 Å². The number of nitrogens with one attached hydrogen (secondary N) is 1. The minimum atomic E-state index is -5.19. The lowest BCUT2D eigenvalue weighted by Gasteiger charge is -2.34. The maximum Gasteiger partial charge on any atom is 0.430 e. The van der Waals surface area contributed by atoms with E-state index in [1.54, 1.807) is 0 Å². The minimum Gasteiger partial charge on any atom is -0.659 e. The van der Waals surface area contributed by atoms with Crippen LogP contribution >= 0.6 is 11.6 Å². The van der Waals surface area contributed by atoms with Gasteiger partial charge in [0, 0.05) is 10.6 Å². The predicted molar refractivity (Wildman–Crippen MR) is 99.7 cm³/mol. The summed E-state index contributed by atoms with van der Waals surface area (Å²) in [6.45, 7) is 7.61. The zero-order chi connectivity index (χ0) is 21.5. The SMILES string of the molecule is CC[N-]CC1=C(c2ccc(Cl)cc2)C(=O)NC1(CC)CC.O=C([O-])C(F)(F)F. The van der Waals surface area contributed by atoms with Crippen molar-refractivity contribution in [2.24, 2.45) is 0 Å². The Balaban J connectivity index is 0.000000480.